The number of aromatic nitrogens is 2. The Hall–Kier alpha value is -1.10. The second-order valence-corrected chi connectivity index (χ2v) is 2.24. The summed E-state index contributed by atoms with van der Waals surface area (Å²) >= 11 is 5.25. The Bertz CT molecular complexity index is 306. The molecule has 0 bridgehead atoms. The van der Waals surface area contributed by atoms with Crippen LogP contribution in [0, 0.1) is 0 Å². The highest BCUT2D eigenvalue weighted by Crippen LogP contribution is 2.19. The summed E-state index contributed by atoms with van der Waals surface area (Å²) < 4.78 is 24.2. The third kappa shape index (κ3) is 1.73. The highest BCUT2D eigenvalue weighted by molar-refractivity contribution is 6.28. The monoisotopic (exact) mass is 192 g/mol. The first kappa shape index (κ1) is 8.99. The molecule has 1 aromatic heterocycles. The first-order chi connectivity index (χ1) is 5.65. The number of rotatable bonds is 2. The number of hydrogen-bond donors (Lipinski definition) is 0. The van der Waals surface area contributed by atoms with Gasteiger partial charge in [0.15, 0.2) is 6.29 Å². The van der Waals surface area contributed by atoms with Crippen LogP contribution < -0.4 is 0 Å². The molecule has 3 nitrogen and oxygen atoms in total. The largest absolute Gasteiger partial charge is 0.298 e. The molecule has 1 aromatic rings. The van der Waals surface area contributed by atoms with Crippen molar-refractivity contribution in [1.29, 1.82) is 0 Å². The minimum atomic E-state index is -2.81. The lowest BCUT2D eigenvalue weighted by molar-refractivity contribution is 0.110. The van der Waals surface area contributed by atoms with E-state index < -0.39 is 12.1 Å². The van der Waals surface area contributed by atoms with Crippen LogP contribution in [0.15, 0.2) is 6.20 Å². The van der Waals surface area contributed by atoms with Gasteiger partial charge < -0.3 is 0 Å². The summed E-state index contributed by atoms with van der Waals surface area (Å²) in [6.45, 7) is 0. The zero-order valence-electron chi connectivity index (χ0n) is 5.67. The van der Waals surface area contributed by atoms with E-state index in [0.29, 0.717) is 0 Å². The molecule has 0 aliphatic carbocycles. The second kappa shape index (κ2) is 3.53. The van der Waals surface area contributed by atoms with Crippen LogP contribution in [-0.4, -0.2) is 16.3 Å². The van der Waals surface area contributed by atoms with E-state index in [2.05, 4.69) is 9.97 Å². The quantitative estimate of drug-likeness (QED) is 0.531. The fourth-order valence-corrected chi connectivity index (χ4v) is 0.787. The molecule has 0 spiro atoms. The fourth-order valence-electron chi connectivity index (χ4n) is 0.647. The fraction of sp³-hybridized carbons (Fsp3) is 0.167. The van der Waals surface area contributed by atoms with Crippen molar-refractivity contribution in [2.24, 2.45) is 0 Å². The minimum Gasteiger partial charge on any atom is -0.298 e. The molecule has 6 heteroatoms. The van der Waals surface area contributed by atoms with Crippen molar-refractivity contribution >= 4 is 17.9 Å². The first-order valence-corrected chi connectivity index (χ1v) is 3.28. The predicted molar refractivity (Wildman–Crippen MR) is 37.4 cm³/mol. The molecule has 1 rings (SSSR count). The molecule has 0 saturated carbocycles. The molecule has 12 heavy (non-hydrogen) atoms. The first-order valence-electron chi connectivity index (χ1n) is 2.91. The molecule has 0 aliphatic heterocycles. The van der Waals surface area contributed by atoms with E-state index in [1.165, 1.54) is 0 Å². The van der Waals surface area contributed by atoms with Gasteiger partial charge in [0.05, 0.1) is 5.56 Å². The molecule has 0 radical (unpaired) electrons. The molecule has 0 saturated heterocycles. The zero-order valence-corrected chi connectivity index (χ0v) is 6.42. The average molecular weight is 193 g/mol. The maximum atomic E-state index is 12.1. The summed E-state index contributed by atoms with van der Waals surface area (Å²) in [6.07, 6.45) is -1.59. The standard InChI is InChI=1S/C6H3ClF2N2O/c7-6-10-1-3(2-12)4(11-6)5(8)9/h1-2,5H. The Morgan fingerprint density at radius 2 is 2.25 bits per heavy atom. The Morgan fingerprint density at radius 3 is 2.75 bits per heavy atom. The summed E-state index contributed by atoms with van der Waals surface area (Å²) in [7, 11) is 0. The van der Waals surface area contributed by atoms with Crippen LogP contribution in [0.4, 0.5) is 8.78 Å². The Morgan fingerprint density at radius 1 is 1.58 bits per heavy atom. The van der Waals surface area contributed by atoms with E-state index in [0.717, 1.165) is 6.20 Å². The number of hydrogen-bond acceptors (Lipinski definition) is 3. The van der Waals surface area contributed by atoms with E-state index in [9.17, 15) is 13.6 Å². The Balaban J connectivity index is 3.21. The number of alkyl halides is 2. The number of halogens is 3. The van der Waals surface area contributed by atoms with Crippen LogP contribution >= 0.6 is 11.6 Å². The van der Waals surface area contributed by atoms with Gasteiger partial charge in [0.1, 0.15) is 5.69 Å². The van der Waals surface area contributed by atoms with Crippen LogP contribution in [-0.2, 0) is 0 Å². The topological polar surface area (TPSA) is 42.9 Å². The molecular weight excluding hydrogens is 190 g/mol. The molecule has 64 valence electrons. The second-order valence-electron chi connectivity index (χ2n) is 1.90. The highest BCUT2D eigenvalue weighted by Gasteiger charge is 2.15. The summed E-state index contributed by atoms with van der Waals surface area (Å²) in [6, 6.07) is 0. The van der Waals surface area contributed by atoms with Crippen molar-refractivity contribution in [3.05, 3.63) is 22.7 Å². The average Bonchev–Trinajstić information content (AvgIpc) is 2.04. The SMILES string of the molecule is O=Cc1cnc(Cl)nc1C(F)F. The lowest BCUT2D eigenvalue weighted by Crippen LogP contribution is -1.99. The molecule has 0 amide bonds. The zero-order chi connectivity index (χ0) is 9.14. The van der Waals surface area contributed by atoms with Gasteiger partial charge in [-0.15, -0.1) is 0 Å². The van der Waals surface area contributed by atoms with Crippen molar-refractivity contribution < 1.29 is 13.6 Å². The third-order valence-electron chi connectivity index (χ3n) is 1.15. The molecule has 0 aliphatic rings. The van der Waals surface area contributed by atoms with Crippen molar-refractivity contribution in [2.45, 2.75) is 6.43 Å². The van der Waals surface area contributed by atoms with Crippen LogP contribution in [0.2, 0.25) is 5.28 Å². The Kier molecular flexibility index (Phi) is 2.65. The van der Waals surface area contributed by atoms with Gasteiger partial charge in [-0.3, -0.25) is 4.79 Å². The van der Waals surface area contributed by atoms with Gasteiger partial charge in [-0.25, -0.2) is 18.7 Å². The molecule has 0 N–H and O–H groups in total. The van der Waals surface area contributed by atoms with E-state index in [4.69, 9.17) is 11.6 Å². The van der Waals surface area contributed by atoms with Gasteiger partial charge >= 0.3 is 0 Å². The molecule has 0 fully saturated rings. The smallest absolute Gasteiger partial charge is 0.281 e. The van der Waals surface area contributed by atoms with Crippen molar-refractivity contribution in [3.63, 3.8) is 0 Å². The van der Waals surface area contributed by atoms with Crippen molar-refractivity contribution in [2.75, 3.05) is 0 Å². The number of carbonyl (C=O) groups is 1. The predicted octanol–water partition coefficient (Wildman–Crippen LogP) is 1.88. The number of aldehydes is 1. The van der Waals surface area contributed by atoms with Gasteiger partial charge in [0.25, 0.3) is 6.43 Å². The van der Waals surface area contributed by atoms with Gasteiger partial charge in [-0.1, -0.05) is 0 Å². The maximum Gasteiger partial charge on any atom is 0.281 e. The van der Waals surface area contributed by atoms with Crippen LogP contribution in [0.25, 0.3) is 0 Å². The molecule has 0 atom stereocenters. The highest BCUT2D eigenvalue weighted by atomic mass is 35.5. The van der Waals surface area contributed by atoms with E-state index in [1.54, 1.807) is 0 Å². The summed E-state index contributed by atoms with van der Waals surface area (Å²) in [5, 5.41) is -0.295. The maximum absolute atomic E-state index is 12.1. The van der Waals surface area contributed by atoms with Crippen molar-refractivity contribution in [3.8, 4) is 0 Å². The molecule has 0 aromatic carbocycles. The van der Waals surface area contributed by atoms with Crippen LogP contribution in [0.5, 0.6) is 0 Å². The number of nitrogens with zero attached hydrogens (tertiary/aromatic N) is 2. The normalized spacial score (nSPS) is 10.3. The molecule has 0 unspecified atom stereocenters. The van der Waals surface area contributed by atoms with Crippen LogP contribution in [0.1, 0.15) is 22.5 Å². The minimum absolute atomic E-state index is 0.241. The van der Waals surface area contributed by atoms with Gasteiger partial charge in [0.2, 0.25) is 5.28 Å². The molecular formula is C6H3ClF2N2O. The van der Waals surface area contributed by atoms with Gasteiger partial charge in [-0.05, 0) is 11.6 Å². The number of carbonyl (C=O) groups excluding carboxylic acids is 1. The summed E-state index contributed by atoms with van der Waals surface area (Å²) in [5.74, 6) is 0. The van der Waals surface area contributed by atoms with Crippen molar-refractivity contribution in [1.82, 2.24) is 9.97 Å². The Labute approximate surface area is 71.4 Å². The summed E-state index contributed by atoms with van der Waals surface area (Å²) in [5.41, 5.74) is -0.876. The lowest BCUT2D eigenvalue weighted by Gasteiger charge is -2.00. The van der Waals surface area contributed by atoms with E-state index in [-0.39, 0.29) is 17.1 Å². The van der Waals surface area contributed by atoms with Gasteiger partial charge in [0, 0.05) is 6.20 Å². The molecule has 1 heterocycles. The summed E-state index contributed by atoms with van der Waals surface area (Å²) in [4.78, 5) is 16.8. The van der Waals surface area contributed by atoms with E-state index in [1.807, 2.05) is 0 Å². The van der Waals surface area contributed by atoms with Crippen LogP contribution in [0.3, 0.4) is 0 Å². The third-order valence-corrected chi connectivity index (χ3v) is 1.33. The van der Waals surface area contributed by atoms with Gasteiger partial charge in [-0.2, -0.15) is 0 Å². The lowest BCUT2D eigenvalue weighted by atomic mass is 10.2. The van der Waals surface area contributed by atoms with E-state index >= 15 is 0 Å².